The van der Waals surface area contributed by atoms with Crippen LogP contribution in [0.25, 0.3) is 22.9 Å². The number of nitrogens with zero attached hydrogens (tertiary/aromatic N) is 3. The van der Waals surface area contributed by atoms with E-state index < -0.39 is 5.82 Å². The van der Waals surface area contributed by atoms with E-state index in [-0.39, 0.29) is 22.4 Å². The maximum atomic E-state index is 13.9. The lowest BCUT2D eigenvalue weighted by Crippen LogP contribution is -1.85. The Labute approximate surface area is 123 Å². The summed E-state index contributed by atoms with van der Waals surface area (Å²) in [5.74, 6) is -0.322. The van der Waals surface area contributed by atoms with Crippen molar-refractivity contribution >= 4 is 23.2 Å². The summed E-state index contributed by atoms with van der Waals surface area (Å²) in [5.41, 5.74) is 0.744. The van der Waals surface area contributed by atoms with Crippen LogP contribution in [-0.2, 0) is 0 Å². The lowest BCUT2D eigenvalue weighted by molar-refractivity contribution is 0.570. The van der Waals surface area contributed by atoms with Crippen LogP contribution >= 0.6 is 23.2 Å². The number of hydrogen-bond donors (Lipinski definition) is 0. The minimum atomic E-state index is -0.599. The molecule has 0 atom stereocenters. The zero-order valence-electron chi connectivity index (χ0n) is 9.85. The van der Waals surface area contributed by atoms with Gasteiger partial charge in [0.15, 0.2) is 5.82 Å². The summed E-state index contributed by atoms with van der Waals surface area (Å²) >= 11 is 11.4. The predicted octanol–water partition coefficient (Wildman–Crippen LogP) is 4.24. The predicted molar refractivity (Wildman–Crippen MR) is 72.9 cm³/mol. The molecule has 0 saturated carbocycles. The number of hydrogen-bond acceptors (Lipinski definition) is 4. The van der Waals surface area contributed by atoms with Gasteiger partial charge in [-0.2, -0.15) is 0 Å². The van der Waals surface area contributed by atoms with Gasteiger partial charge in [0.25, 0.3) is 5.89 Å². The molecule has 0 aliphatic carbocycles. The molecule has 0 amide bonds. The van der Waals surface area contributed by atoms with Crippen molar-refractivity contribution in [2.45, 2.75) is 0 Å². The molecule has 2 heterocycles. The molecule has 0 aliphatic heterocycles. The molecule has 4 nitrogen and oxygen atoms in total. The van der Waals surface area contributed by atoms with Crippen molar-refractivity contribution in [3.8, 4) is 22.9 Å². The first-order valence-electron chi connectivity index (χ1n) is 5.55. The zero-order valence-corrected chi connectivity index (χ0v) is 11.4. The summed E-state index contributed by atoms with van der Waals surface area (Å²) in [6.45, 7) is 0. The van der Waals surface area contributed by atoms with Crippen LogP contribution in [0, 0.1) is 5.82 Å². The van der Waals surface area contributed by atoms with Crippen LogP contribution in [0.2, 0.25) is 10.2 Å². The fourth-order valence-corrected chi connectivity index (χ4v) is 1.91. The van der Waals surface area contributed by atoms with Crippen molar-refractivity contribution < 1.29 is 8.81 Å². The molecule has 0 N–H and O–H groups in total. The number of halogens is 3. The van der Waals surface area contributed by atoms with Crippen molar-refractivity contribution in [3.05, 3.63) is 52.5 Å². The Kier molecular flexibility index (Phi) is 3.38. The third kappa shape index (κ3) is 2.37. The maximum Gasteiger partial charge on any atom is 0.251 e. The average molecular weight is 310 g/mol. The van der Waals surface area contributed by atoms with Gasteiger partial charge in [-0.3, -0.25) is 0 Å². The Morgan fingerprint density at radius 2 is 1.80 bits per heavy atom. The first-order chi connectivity index (χ1) is 9.65. The van der Waals surface area contributed by atoms with E-state index in [0.29, 0.717) is 10.7 Å². The SMILES string of the molecule is Fc1c(Cl)cccc1-c1nnc(-c2ccc(Cl)nc2)o1. The molecule has 1 aromatic carbocycles. The van der Waals surface area contributed by atoms with Crippen LogP contribution in [0.4, 0.5) is 4.39 Å². The van der Waals surface area contributed by atoms with Crippen LogP contribution in [0.3, 0.4) is 0 Å². The van der Waals surface area contributed by atoms with E-state index >= 15 is 0 Å². The first-order valence-corrected chi connectivity index (χ1v) is 6.30. The van der Waals surface area contributed by atoms with E-state index in [9.17, 15) is 4.39 Å². The first kappa shape index (κ1) is 13.0. The molecule has 100 valence electrons. The summed E-state index contributed by atoms with van der Waals surface area (Å²) in [7, 11) is 0. The Bertz CT molecular complexity index is 759. The Balaban J connectivity index is 2.02. The molecule has 0 fully saturated rings. The van der Waals surface area contributed by atoms with E-state index in [1.807, 2.05) is 0 Å². The van der Waals surface area contributed by atoms with Crippen molar-refractivity contribution in [1.29, 1.82) is 0 Å². The largest absolute Gasteiger partial charge is 0.416 e. The second-order valence-corrected chi connectivity index (χ2v) is 4.68. The minimum Gasteiger partial charge on any atom is -0.416 e. The molecule has 7 heteroatoms. The van der Waals surface area contributed by atoms with Gasteiger partial charge in [0, 0.05) is 6.20 Å². The van der Waals surface area contributed by atoms with Gasteiger partial charge in [0.1, 0.15) is 5.15 Å². The third-order valence-corrected chi connectivity index (χ3v) is 3.10. The van der Waals surface area contributed by atoms with Crippen LogP contribution in [0.1, 0.15) is 0 Å². The monoisotopic (exact) mass is 309 g/mol. The molecule has 0 aliphatic rings. The zero-order chi connectivity index (χ0) is 14.1. The summed E-state index contributed by atoms with van der Waals surface area (Å²) in [5, 5.41) is 8.02. The highest BCUT2D eigenvalue weighted by Crippen LogP contribution is 2.28. The highest BCUT2D eigenvalue weighted by molar-refractivity contribution is 6.31. The minimum absolute atomic E-state index is 0.00425. The Hall–Kier alpha value is -1.98. The van der Waals surface area contributed by atoms with Crippen molar-refractivity contribution in [1.82, 2.24) is 15.2 Å². The second kappa shape index (κ2) is 5.19. The van der Waals surface area contributed by atoms with Crippen molar-refractivity contribution in [3.63, 3.8) is 0 Å². The third-order valence-electron chi connectivity index (χ3n) is 2.58. The van der Waals surface area contributed by atoms with Gasteiger partial charge in [0.2, 0.25) is 5.89 Å². The normalized spacial score (nSPS) is 10.8. The molecule has 0 saturated heterocycles. The molecular weight excluding hydrogens is 304 g/mol. The topological polar surface area (TPSA) is 51.8 Å². The van der Waals surface area contributed by atoms with Gasteiger partial charge < -0.3 is 4.42 Å². The van der Waals surface area contributed by atoms with E-state index in [0.717, 1.165) is 0 Å². The summed E-state index contributed by atoms with van der Waals surface area (Å²) in [6, 6.07) is 7.84. The maximum absolute atomic E-state index is 13.9. The molecule has 0 unspecified atom stereocenters. The lowest BCUT2D eigenvalue weighted by Gasteiger charge is -1.98. The van der Waals surface area contributed by atoms with Crippen LogP contribution in [0.15, 0.2) is 40.9 Å². The number of rotatable bonds is 2. The summed E-state index contributed by atoms with van der Waals surface area (Å²) < 4.78 is 19.3. The van der Waals surface area contributed by atoms with Crippen molar-refractivity contribution in [2.24, 2.45) is 0 Å². The van der Waals surface area contributed by atoms with Crippen LogP contribution in [0.5, 0.6) is 0 Å². The van der Waals surface area contributed by atoms with E-state index in [4.69, 9.17) is 27.6 Å². The van der Waals surface area contributed by atoms with Gasteiger partial charge in [0.05, 0.1) is 16.1 Å². The molecule has 2 aromatic heterocycles. The second-order valence-electron chi connectivity index (χ2n) is 3.88. The van der Waals surface area contributed by atoms with Crippen molar-refractivity contribution in [2.75, 3.05) is 0 Å². The van der Waals surface area contributed by atoms with Gasteiger partial charge in [-0.15, -0.1) is 10.2 Å². The number of aromatic nitrogens is 3. The molecular formula is C13H6Cl2FN3O. The molecule has 3 rings (SSSR count). The van der Waals surface area contributed by atoms with Gasteiger partial charge >= 0.3 is 0 Å². The molecule has 0 bridgehead atoms. The van der Waals surface area contributed by atoms with Crippen LogP contribution in [-0.4, -0.2) is 15.2 Å². The quantitative estimate of drug-likeness (QED) is 0.664. The molecule has 0 radical (unpaired) electrons. The highest BCUT2D eigenvalue weighted by atomic mass is 35.5. The highest BCUT2D eigenvalue weighted by Gasteiger charge is 2.16. The summed E-state index contributed by atoms with van der Waals surface area (Å²) in [6.07, 6.45) is 1.49. The number of benzene rings is 1. The average Bonchev–Trinajstić information content (AvgIpc) is 2.92. The van der Waals surface area contributed by atoms with E-state index in [1.54, 1.807) is 18.2 Å². The Morgan fingerprint density at radius 3 is 2.55 bits per heavy atom. The number of pyridine rings is 1. The van der Waals surface area contributed by atoms with Gasteiger partial charge in [-0.1, -0.05) is 29.3 Å². The van der Waals surface area contributed by atoms with E-state index in [2.05, 4.69) is 15.2 Å². The standard InChI is InChI=1S/C13H6Cl2FN3O/c14-9-3-1-2-8(11(9)16)13-19-18-12(20-13)7-4-5-10(15)17-6-7/h1-6H. The molecule has 3 aromatic rings. The van der Waals surface area contributed by atoms with Crippen LogP contribution < -0.4 is 0 Å². The fraction of sp³-hybridized carbons (Fsp3) is 0. The fourth-order valence-electron chi connectivity index (χ4n) is 1.62. The smallest absolute Gasteiger partial charge is 0.251 e. The summed E-state index contributed by atoms with van der Waals surface area (Å²) in [4.78, 5) is 3.91. The van der Waals surface area contributed by atoms with Gasteiger partial charge in [-0.25, -0.2) is 9.37 Å². The molecule has 0 spiro atoms. The lowest BCUT2D eigenvalue weighted by atomic mass is 10.2. The Morgan fingerprint density at radius 1 is 1.00 bits per heavy atom. The van der Waals surface area contributed by atoms with E-state index in [1.165, 1.54) is 18.3 Å². The molecule has 20 heavy (non-hydrogen) atoms. The van der Waals surface area contributed by atoms with Gasteiger partial charge in [-0.05, 0) is 24.3 Å².